The summed E-state index contributed by atoms with van der Waals surface area (Å²) in [4.78, 5) is 11.4. The van der Waals surface area contributed by atoms with Gasteiger partial charge in [-0.2, -0.15) is 39.5 Å². The average Bonchev–Trinajstić information content (AvgIpc) is 2.45. The number of alkyl halides is 9. The van der Waals surface area contributed by atoms with E-state index in [0.29, 0.717) is 0 Å². The molecule has 0 aliphatic rings. The number of carbonyl (C=O) groups is 1. The fourth-order valence-electron chi connectivity index (χ4n) is 1.99. The standard InChI is InChI=1S/C11HF14NO3S/c12-2-1(3(13)5(15)6(16)4(2)14)7(27)26-30(28,29)8(9(17,18)19,10(20,21)22)11(23,24)25/h(H,26,27). The second kappa shape index (κ2) is 7.12. The number of hydrogen-bond donors (Lipinski definition) is 1. The van der Waals surface area contributed by atoms with E-state index in [-0.39, 0.29) is 0 Å². The number of nitrogens with one attached hydrogen (secondary N) is 1. The van der Waals surface area contributed by atoms with Gasteiger partial charge in [-0.1, -0.05) is 0 Å². The van der Waals surface area contributed by atoms with Crippen molar-refractivity contribution in [1.29, 1.82) is 0 Å². The summed E-state index contributed by atoms with van der Waals surface area (Å²) in [6.45, 7) is 0. The highest BCUT2D eigenvalue weighted by Crippen LogP contribution is 2.57. The minimum atomic E-state index is -8.12. The first kappa shape index (κ1) is 25.7. The molecule has 0 aromatic heterocycles. The Kier molecular flexibility index (Phi) is 6.10. The van der Waals surface area contributed by atoms with Crippen LogP contribution < -0.4 is 4.72 Å². The molecule has 1 amide bonds. The molecular formula is C11HF14NO3S. The van der Waals surface area contributed by atoms with Crippen molar-refractivity contribution in [2.24, 2.45) is 0 Å². The lowest BCUT2D eigenvalue weighted by Gasteiger charge is -2.37. The van der Waals surface area contributed by atoms with E-state index >= 15 is 0 Å². The topological polar surface area (TPSA) is 63.2 Å². The van der Waals surface area contributed by atoms with Crippen molar-refractivity contribution >= 4 is 15.9 Å². The molecule has 4 nitrogen and oxygen atoms in total. The van der Waals surface area contributed by atoms with E-state index in [1.807, 2.05) is 0 Å². The zero-order valence-electron chi connectivity index (χ0n) is 12.9. The van der Waals surface area contributed by atoms with Gasteiger partial charge in [-0.3, -0.25) is 4.79 Å². The second-order valence-corrected chi connectivity index (χ2v) is 6.88. The van der Waals surface area contributed by atoms with E-state index in [1.165, 1.54) is 0 Å². The van der Waals surface area contributed by atoms with E-state index in [0.717, 1.165) is 0 Å². The van der Waals surface area contributed by atoms with Crippen LogP contribution in [0.2, 0.25) is 0 Å². The number of rotatable bonds is 3. The summed E-state index contributed by atoms with van der Waals surface area (Å²) >= 11 is 0. The molecule has 0 atom stereocenters. The van der Waals surface area contributed by atoms with Gasteiger partial charge < -0.3 is 0 Å². The lowest BCUT2D eigenvalue weighted by atomic mass is 10.1. The van der Waals surface area contributed by atoms with Crippen LogP contribution in [-0.4, -0.2) is 37.6 Å². The monoisotopic (exact) mass is 493 g/mol. The highest BCUT2D eigenvalue weighted by Gasteiger charge is 2.91. The predicted octanol–water partition coefficient (Wildman–Crippen LogP) is 3.87. The van der Waals surface area contributed by atoms with Gasteiger partial charge in [0.25, 0.3) is 15.9 Å². The van der Waals surface area contributed by atoms with Crippen LogP contribution in [0.1, 0.15) is 10.4 Å². The summed E-state index contributed by atoms with van der Waals surface area (Å²) in [5, 5.41) is 0. The number of amides is 1. The zero-order chi connectivity index (χ0) is 24.2. The van der Waals surface area contributed by atoms with Crippen LogP contribution in [0.4, 0.5) is 61.5 Å². The van der Waals surface area contributed by atoms with Crippen LogP contribution in [-0.2, 0) is 10.0 Å². The third kappa shape index (κ3) is 3.51. The summed E-state index contributed by atoms with van der Waals surface area (Å²) in [7, 11) is -8.12. The van der Waals surface area contributed by atoms with E-state index in [9.17, 15) is 74.7 Å². The van der Waals surface area contributed by atoms with Crippen molar-refractivity contribution < 1.29 is 74.7 Å². The molecule has 0 saturated carbocycles. The molecule has 1 aromatic rings. The number of carbonyl (C=O) groups excluding carboxylic acids is 1. The van der Waals surface area contributed by atoms with Gasteiger partial charge in [0, 0.05) is 0 Å². The molecule has 0 spiro atoms. The Morgan fingerprint density at radius 1 is 0.600 bits per heavy atom. The predicted molar refractivity (Wildman–Crippen MR) is 63.5 cm³/mol. The molecular weight excluding hydrogens is 492 g/mol. The average molecular weight is 493 g/mol. The number of hydrogen-bond acceptors (Lipinski definition) is 3. The van der Waals surface area contributed by atoms with Crippen molar-refractivity contribution in [1.82, 2.24) is 4.72 Å². The maximum Gasteiger partial charge on any atom is 0.428 e. The van der Waals surface area contributed by atoms with E-state index in [4.69, 9.17) is 0 Å². The zero-order valence-corrected chi connectivity index (χ0v) is 13.7. The van der Waals surface area contributed by atoms with Gasteiger partial charge in [0.1, 0.15) is 5.56 Å². The molecule has 1 aromatic carbocycles. The molecule has 0 heterocycles. The van der Waals surface area contributed by atoms with Gasteiger partial charge in [-0.25, -0.2) is 35.1 Å². The smallest absolute Gasteiger partial charge is 0.268 e. The van der Waals surface area contributed by atoms with Crippen molar-refractivity contribution in [2.75, 3.05) is 0 Å². The van der Waals surface area contributed by atoms with Crippen LogP contribution >= 0.6 is 0 Å². The number of sulfonamides is 1. The Hall–Kier alpha value is -2.34. The molecule has 0 aliphatic carbocycles. The maximum atomic E-state index is 13.4. The fraction of sp³-hybridized carbons (Fsp3) is 0.364. The summed E-state index contributed by atoms with van der Waals surface area (Å²) in [5.41, 5.74) is -2.96. The van der Waals surface area contributed by atoms with Gasteiger partial charge in [0.15, 0.2) is 23.3 Å². The third-order valence-electron chi connectivity index (χ3n) is 3.26. The number of halogens is 14. The number of benzene rings is 1. The Labute approximate surface area is 154 Å². The highest BCUT2D eigenvalue weighted by molar-refractivity contribution is 7.91. The molecule has 0 radical (unpaired) electrons. The van der Waals surface area contributed by atoms with E-state index < -0.39 is 78.6 Å². The molecule has 0 fully saturated rings. The van der Waals surface area contributed by atoms with Crippen molar-refractivity contribution in [3.05, 3.63) is 34.6 Å². The lowest BCUT2D eigenvalue weighted by Crippen LogP contribution is -2.73. The van der Waals surface area contributed by atoms with Crippen LogP contribution in [0.3, 0.4) is 0 Å². The quantitative estimate of drug-likeness (QED) is 0.396. The summed E-state index contributed by atoms with van der Waals surface area (Å²) in [5.74, 6) is -19.0. The van der Waals surface area contributed by atoms with Crippen molar-refractivity contribution in [2.45, 2.75) is 23.3 Å². The van der Waals surface area contributed by atoms with E-state index in [1.54, 1.807) is 0 Å². The van der Waals surface area contributed by atoms with Gasteiger partial charge in [0.2, 0.25) is 5.82 Å². The summed E-state index contributed by atoms with van der Waals surface area (Å²) in [6, 6.07) is 0. The molecule has 30 heavy (non-hydrogen) atoms. The Morgan fingerprint density at radius 3 is 1.13 bits per heavy atom. The SMILES string of the molecule is O=C(NS(=O)(=O)C(C(F)(F)F)(C(F)(F)F)C(F)(F)F)c1c(F)c(F)c(F)c(F)c1F. The van der Waals surface area contributed by atoms with Gasteiger partial charge in [-0.05, 0) is 0 Å². The Morgan fingerprint density at radius 2 is 0.867 bits per heavy atom. The third-order valence-corrected chi connectivity index (χ3v) is 5.22. The highest BCUT2D eigenvalue weighted by atomic mass is 32.2. The van der Waals surface area contributed by atoms with Gasteiger partial charge >= 0.3 is 23.3 Å². The van der Waals surface area contributed by atoms with Crippen molar-refractivity contribution in [3.63, 3.8) is 0 Å². The lowest BCUT2D eigenvalue weighted by molar-refractivity contribution is -0.347. The van der Waals surface area contributed by atoms with Crippen LogP contribution in [0.15, 0.2) is 0 Å². The van der Waals surface area contributed by atoms with Gasteiger partial charge in [0.05, 0.1) is 0 Å². The van der Waals surface area contributed by atoms with Crippen LogP contribution in [0.25, 0.3) is 0 Å². The maximum absolute atomic E-state index is 13.4. The molecule has 0 unspecified atom stereocenters. The van der Waals surface area contributed by atoms with Crippen LogP contribution in [0.5, 0.6) is 0 Å². The summed E-state index contributed by atoms with van der Waals surface area (Å²) in [6.07, 6.45) is -23.3. The molecule has 1 rings (SSSR count). The molecule has 0 bridgehead atoms. The minimum Gasteiger partial charge on any atom is -0.268 e. The molecule has 19 heteroatoms. The minimum absolute atomic E-state index is 0.574. The Bertz CT molecular complexity index is 910. The first-order valence-corrected chi connectivity index (χ1v) is 7.82. The first-order valence-electron chi connectivity index (χ1n) is 6.34. The second-order valence-electron chi connectivity index (χ2n) is 5.05. The fourth-order valence-corrected chi connectivity index (χ4v) is 3.41. The largest absolute Gasteiger partial charge is 0.428 e. The first-order chi connectivity index (χ1) is 13.1. The molecule has 0 aliphatic heterocycles. The normalized spacial score (nSPS) is 14.1. The van der Waals surface area contributed by atoms with E-state index in [2.05, 4.69) is 0 Å². The molecule has 0 saturated heterocycles. The molecule has 172 valence electrons. The van der Waals surface area contributed by atoms with Crippen LogP contribution in [0, 0.1) is 29.1 Å². The van der Waals surface area contributed by atoms with Crippen molar-refractivity contribution in [3.8, 4) is 0 Å². The summed E-state index contributed by atoms with van der Waals surface area (Å²) < 4.78 is 195. The molecule has 1 N–H and O–H groups in total. The van der Waals surface area contributed by atoms with Gasteiger partial charge in [-0.15, -0.1) is 0 Å². The Balaban J connectivity index is 3.84.